The lowest BCUT2D eigenvalue weighted by atomic mass is 10.2. The molecule has 1 aromatic rings. The molecule has 0 saturated carbocycles. The SMILES string of the molecule is CCCN(CCN(C)C)c1ccc(N)cc1. The van der Waals surface area contributed by atoms with Gasteiger partial charge in [0, 0.05) is 31.0 Å². The van der Waals surface area contributed by atoms with Crippen LogP contribution in [0.3, 0.4) is 0 Å². The first-order chi connectivity index (χ1) is 7.63. The summed E-state index contributed by atoms with van der Waals surface area (Å²) in [5, 5.41) is 0. The summed E-state index contributed by atoms with van der Waals surface area (Å²) in [7, 11) is 4.21. The fourth-order valence-electron chi connectivity index (χ4n) is 1.65. The lowest BCUT2D eigenvalue weighted by molar-refractivity contribution is 0.413. The smallest absolute Gasteiger partial charge is 0.0368 e. The maximum atomic E-state index is 5.70. The Labute approximate surface area is 98.8 Å². The number of rotatable bonds is 6. The van der Waals surface area contributed by atoms with Gasteiger partial charge in [-0.3, -0.25) is 0 Å². The molecule has 0 aliphatic heterocycles. The summed E-state index contributed by atoms with van der Waals surface area (Å²) in [5.41, 5.74) is 7.78. The second-order valence-corrected chi connectivity index (χ2v) is 4.38. The Bertz CT molecular complexity index is 293. The number of hydrogen-bond donors (Lipinski definition) is 1. The molecule has 1 rings (SSSR count). The Morgan fingerprint density at radius 2 is 1.62 bits per heavy atom. The van der Waals surface area contributed by atoms with Crippen molar-refractivity contribution in [3.05, 3.63) is 24.3 Å². The summed E-state index contributed by atoms with van der Waals surface area (Å²) < 4.78 is 0. The van der Waals surface area contributed by atoms with Gasteiger partial charge >= 0.3 is 0 Å². The van der Waals surface area contributed by atoms with Crippen molar-refractivity contribution in [2.75, 3.05) is 44.4 Å². The van der Waals surface area contributed by atoms with Crippen molar-refractivity contribution in [3.63, 3.8) is 0 Å². The first-order valence-electron chi connectivity index (χ1n) is 5.88. The second-order valence-electron chi connectivity index (χ2n) is 4.38. The third-order valence-corrected chi connectivity index (χ3v) is 2.57. The van der Waals surface area contributed by atoms with Gasteiger partial charge in [0.1, 0.15) is 0 Å². The van der Waals surface area contributed by atoms with Crippen LogP contribution in [0.2, 0.25) is 0 Å². The number of hydrogen-bond acceptors (Lipinski definition) is 3. The lowest BCUT2D eigenvalue weighted by Gasteiger charge is -2.26. The van der Waals surface area contributed by atoms with Crippen LogP contribution in [-0.4, -0.2) is 38.6 Å². The van der Waals surface area contributed by atoms with Crippen molar-refractivity contribution in [1.82, 2.24) is 4.90 Å². The van der Waals surface area contributed by atoms with Crippen molar-refractivity contribution >= 4 is 11.4 Å². The third-order valence-electron chi connectivity index (χ3n) is 2.57. The van der Waals surface area contributed by atoms with Crippen LogP contribution < -0.4 is 10.6 Å². The van der Waals surface area contributed by atoms with Gasteiger partial charge in [-0.1, -0.05) is 6.92 Å². The fraction of sp³-hybridized carbons (Fsp3) is 0.538. The van der Waals surface area contributed by atoms with Gasteiger partial charge in [0.25, 0.3) is 0 Å². The minimum Gasteiger partial charge on any atom is -0.399 e. The summed E-state index contributed by atoms with van der Waals surface area (Å²) in [5.74, 6) is 0. The van der Waals surface area contributed by atoms with Crippen LogP contribution >= 0.6 is 0 Å². The molecule has 0 aliphatic rings. The summed E-state index contributed by atoms with van der Waals surface area (Å²) in [6, 6.07) is 8.13. The number of anilines is 2. The quantitative estimate of drug-likeness (QED) is 0.746. The number of nitrogens with two attached hydrogens (primary N) is 1. The molecule has 90 valence electrons. The zero-order valence-electron chi connectivity index (χ0n) is 10.6. The molecule has 0 heterocycles. The fourth-order valence-corrected chi connectivity index (χ4v) is 1.65. The van der Waals surface area contributed by atoms with E-state index in [9.17, 15) is 0 Å². The van der Waals surface area contributed by atoms with Gasteiger partial charge in [-0.05, 0) is 44.8 Å². The standard InChI is InChI=1S/C13H23N3/c1-4-9-16(11-10-15(2)3)13-7-5-12(14)6-8-13/h5-8H,4,9-11,14H2,1-3H3. The minimum atomic E-state index is 0.827. The largest absolute Gasteiger partial charge is 0.399 e. The Balaban J connectivity index is 2.64. The molecule has 0 radical (unpaired) electrons. The van der Waals surface area contributed by atoms with Gasteiger partial charge in [0.15, 0.2) is 0 Å². The zero-order chi connectivity index (χ0) is 12.0. The molecule has 0 bridgehead atoms. The van der Waals surface area contributed by atoms with E-state index in [0.29, 0.717) is 0 Å². The maximum Gasteiger partial charge on any atom is 0.0368 e. The molecule has 3 heteroatoms. The Morgan fingerprint density at radius 1 is 1.00 bits per heavy atom. The van der Waals surface area contributed by atoms with E-state index >= 15 is 0 Å². The van der Waals surface area contributed by atoms with Gasteiger partial charge in [-0.25, -0.2) is 0 Å². The van der Waals surface area contributed by atoms with Gasteiger partial charge < -0.3 is 15.5 Å². The van der Waals surface area contributed by atoms with E-state index in [1.54, 1.807) is 0 Å². The van der Waals surface area contributed by atoms with Crippen LogP contribution in [0.25, 0.3) is 0 Å². The van der Waals surface area contributed by atoms with Gasteiger partial charge in [-0.15, -0.1) is 0 Å². The monoisotopic (exact) mass is 221 g/mol. The Hall–Kier alpha value is -1.22. The molecule has 0 amide bonds. The van der Waals surface area contributed by atoms with Crippen molar-refractivity contribution in [3.8, 4) is 0 Å². The van der Waals surface area contributed by atoms with Crippen molar-refractivity contribution < 1.29 is 0 Å². The molecule has 16 heavy (non-hydrogen) atoms. The van der Waals surface area contributed by atoms with Gasteiger partial charge in [0.2, 0.25) is 0 Å². The van der Waals surface area contributed by atoms with Crippen LogP contribution in [0.4, 0.5) is 11.4 Å². The van der Waals surface area contributed by atoms with Gasteiger partial charge in [0.05, 0.1) is 0 Å². The first kappa shape index (κ1) is 12.8. The topological polar surface area (TPSA) is 32.5 Å². The highest BCUT2D eigenvalue weighted by atomic mass is 15.2. The van der Waals surface area contributed by atoms with Crippen molar-refractivity contribution in [1.29, 1.82) is 0 Å². The minimum absolute atomic E-state index is 0.827. The van der Waals surface area contributed by atoms with E-state index in [1.807, 2.05) is 12.1 Å². The normalized spacial score (nSPS) is 10.8. The molecule has 0 atom stereocenters. The molecular formula is C13H23N3. The predicted molar refractivity (Wildman–Crippen MR) is 71.9 cm³/mol. The van der Waals surface area contributed by atoms with E-state index in [4.69, 9.17) is 5.73 Å². The Kier molecular flexibility index (Phi) is 5.12. The highest BCUT2D eigenvalue weighted by molar-refractivity contribution is 5.53. The summed E-state index contributed by atoms with van der Waals surface area (Å²) >= 11 is 0. The van der Waals surface area contributed by atoms with Crippen LogP contribution in [0, 0.1) is 0 Å². The van der Waals surface area contributed by atoms with E-state index in [1.165, 1.54) is 5.69 Å². The summed E-state index contributed by atoms with van der Waals surface area (Å²) in [6.07, 6.45) is 1.16. The summed E-state index contributed by atoms with van der Waals surface area (Å²) in [6.45, 7) is 5.44. The summed E-state index contributed by atoms with van der Waals surface area (Å²) in [4.78, 5) is 4.61. The molecule has 3 nitrogen and oxygen atoms in total. The second kappa shape index (κ2) is 6.38. The number of likely N-dealkylation sites (N-methyl/N-ethyl adjacent to an activating group) is 1. The maximum absolute atomic E-state index is 5.70. The number of nitrogen functional groups attached to an aromatic ring is 1. The predicted octanol–water partition coefficient (Wildman–Crippen LogP) is 2.05. The average molecular weight is 221 g/mol. The number of nitrogens with zero attached hydrogens (tertiary/aromatic N) is 2. The molecule has 1 aromatic carbocycles. The highest BCUT2D eigenvalue weighted by Gasteiger charge is 2.05. The third kappa shape index (κ3) is 4.11. The van der Waals surface area contributed by atoms with Crippen LogP contribution in [0.15, 0.2) is 24.3 Å². The van der Waals surface area contributed by atoms with Crippen molar-refractivity contribution in [2.45, 2.75) is 13.3 Å². The van der Waals surface area contributed by atoms with Crippen LogP contribution in [0.1, 0.15) is 13.3 Å². The van der Waals surface area contributed by atoms with Crippen LogP contribution in [-0.2, 0) is 0 Å². The number of benzene rings is 1. The molecule has 0 spiro atoms. The first-order valence-corrected chi connectivity index (χ1v) is 5.88. The van der Waals surface area contributed by atoms with E-state index < -0.39 is 0 Å². The zero-order valence-corrected chi connectivity index (χ0v) is 10.6. The molecular weight excluding hydrogens is 198 g/mol. The molecule has 0 saturated heterocycles. The molecule has 0 unspecified atom stereocenters. The van der Waals surface area contributed by atoms with Crippen LogP contribution in [0.5, 0.6) is 0 Å². The molecule has 0 aromatic heterocycles. The Morgan fingerprint density at radius 3 is 2.12 bits per heavy atom. The molecule has 0 fully saturated rings. The molecule has 2 N–H and O–H groups in total. The van der Waals surface area contributed by atoms with E-state index in [-0.39, 0.29) is 0 Å². The highest BCUT2D eigenvalue weighted by Crippen LogP contribution is 2.16. The lowest BCUT2D eigenvalue weighted by Crippen LogP contribution is -2.32. The van der Waals surface area contributed by atoms with Crippen molar-refractivity contribution in [2.24, 2.45) is 0 Å². The van der Waals surface area contributed by atoms with Gasteiger partial charge in [-0.2, -0.15) is 0 Å². The molecule has 0 aliphatic carbocycles. The van der Waals surface area contributed by atoms with E-state index in [2.05, 4.69) is 43.0 Å². The van der Waals surface area contributed by atoms with E-state index in [0.717, 1.165) is 31.7 Å². The average Bonchev–Trinajstić information content (AvgIpc) is 2.25.